The standard InChI is InChI=1S/C26H23F6NO4S/c27-25(28,29)36-21-10-4-8-19(14-21)24(16-18-6-2-1-3-7-18,17-33-38(34,35)23-12-13-23)20-9-5-11-22(15-20)37-26(30,31)32/h1-11,14-15,23,33H,12-13,16-17H2. The smallest absolute Gasteiger partial charge is 0.406 e. The highest BCUT2D eigenvalue weighted by Gasteiger charge is 2.41. The van der Waals surface area contributed by atoms with E-state index in [0.717, 1.165) is 24.3 Å². The minimum Gasteiger partial charge on any atom is -0.406 e. The number of hydrogen-bond donors (Lipinski definition) is 1. The molecule has 1 N–H and O–H groups in total. The normalized spacial score (nSPS) is 14.8. The minimum absolute atomic E-state index is 0.0337. The number of hydrogen-bond acceptors (Lipinski definition) is 4. The monoisotopic (exact) mass is 559 g/mol. The summed E-state index contributed by atoms with van der Waals surface area (Å²) in [7, 11) is -3.78. The number of halogens is 6. The van der Waals surface area contributed by atoms with Gasteiger partial charge < -0.3 is 9.47 Å². The second-order valence-corrected chi connectivity index (χ2v) is 11.0. The van der Waals surface area contributed by atoms with Crippen LogP contribution in [-0.2, 0) is 21.9 Å². The fraction of sp³-hybridized carbons (Fsp3) is 0.308. The van der Waals surface area contributed by atoms with Crippen molar-refractivity contribution in [1.29, 1.82) is 0 Å². The number of rotatable bonds is 10. The van der Waals surface area contributed by atoms with E-state index in [0.29, 0.717) is 18.4 Å². The van der Waals surface area contributed by atoms with Gasteiger partial charge in [-0.2, -0.15) is 0 Å². The molecular formula is C26H23F6NO4S. The van der Waals surface area contributed by atoms with Crippen molar-refractivity contribution < 1.29 is 44.2 Å². The highest BCUT2D eigenvalue weighted by atomic mass is 32.2. The first-order chi connectivity index (χ1) is 17.8. The van der Waals surface area contributed by atoms with Gasteiger partial charge in [0, 0.05) is 12.0 Å². The highest BCUT2D eigenvalue weighted by Crippen LogP contribution is 2.40. The lowest BCUT2D eigenvalue weighted by Gasteiger charge is -2.36. The average molecular weight is 560 g/mol. The van der Waals surface area contributed by atoms with E-state index in [4.69, 9.17) is 0 Å². The molecule has 1 aliphatic carbocycles. The van der Waals surface area contributed by atoms with Crippen molar-refractivity contribution >= 4 is 10.0 Å². The Kier molecular flexibility index (Phi) is 7.67. The summed E-state index contributed by atoms with van der Waals surface area (Å²) in [5, 5.41) is -0.600. The van der Waals surface area contributed by atoms with E-state index in [1.807, 2.05) is 0 Å². The maximum atomic E-state index is 13.0. The van der Waals surface area contributed by atoms with Gasteiger partial charge >= 0.3 is 12.7 Å². The summed E-state index contributed by atoms with van der Waals surface area (Å²) in [4.78, 5) is 0. The third-order valence-corrected chi connectivity index (χ3v) is 8.02. The topological polar surface area (TPSA) is 64.6 Å². The van der Waals surface area contributed by atoms with Gasteiger partial charge in [0.1, 0.15) is 11.5 Å². The molecule has 4 rings (SSSR count). The zero-order valence-electron chi connectivity index (χ0n) is 19.7. The largest absolute Gasteiger partial charge is 0.573 e. The molecule has 0 radical (unpaired) electrons. The van der Waals surface area contributed by atoms with Crippen LogP contribution in [0.5, 0.6) is 11.5 Å². The van der Waals surface area contributed by atoms with Gasteiger partial charge in [-0.3, -0.25) is 0 Å². The van der Waals surface area contributed by atoms with Crippen LogP contribution in [0.15, 0.2) is 78.9 Å². The van der Waals surface area contributed by atoms with Crippen LogP contribution in [0.4, 0.5) is 26.3 Å². The summed E-state index contributed by atoms with van der Waals surface area (Å²) in [6, 6.07) is 18.6. The number of alkyl halides is 6. The fourth-order valence-electron chi connectivity index (χ4n) is 4.28. The van der Waals surface area contributed by atoms with E-state index in [2.05, 4.69) is 14.2 Å². The Morgan fingerprint density at radius 3 is 1.68 bits per heavy atom. The molecule has 0 heterocycles. The molecule has 1 fully saturated rings. The van der Waals surface area contributed by atoms with Crippen molar-refractivity contribution in [2.45, 2.75) is 42.7 Å². The van der Waals surface area contributed by atoms with Crippen LogP contribution in [0.1, 0.15) is 29.5 Å². The van der Waals surface area contributed by atoms with Gasteiger partial charge in [-0.25, -0.2) is 13.1 Å². The maximum absolute atomic E-state index is 13.0. The lowest BCUT2D eigenvalue weighted by Crippen LogP contribution is -2.44. The first kappa shape index (κ1) is 27.8. The molecule has 3 aromatic rings. The third-order valence-electron chi connectivity index (χ3n) is 6.13. The summed E-state index contributed by atoms with van der Waals surface area (Å²) in [5.41, 5.74) is -0.377. The van der Waals surface area contributed by atoms with Gasteiger partial charge in [-0.05, 0) is 60.2 Å². The van der Waals surface area contributed by atoms with E-state index in [1.165, 1.54) is 24.3 Å². The van der Waals surface area contributed by atoms with Gasteiger partial charge in [-0.15, -0.1) is 26.3 Å². The lowest BCUT2D eigenvalue weighted by atomic mass is 9.70. The van der Waals surface area contributed by atoms with Crippen LogP contribution in [0.2, 0.25) is 0 Å². The molecule has 1 saturated carbocycles. The Labute approximate surface area is 215 Å². The summed E-state index contributed by atoms with van der Waals surface area (Å²) in [6.07, 6.45) is -9.02. The summed E-state index contributed by atoms with van der Waals surface area (Å²) < 4.78 is 114. The second kappa shape index (κ2) is 10.5. The van der Waals surface area contributed by atoms with Crippen LogP contribution >= 0.6 is 0 Å². The van der Waals surface area contributed by atoms with Gasteiger partial charge in [-0.1, -0.05) is 54.6 Å². The molecule has 3 aromatic carbocycles. The first-order valence-electron chi connectivity index (χ1n) is 11.5. The zero-order valence-corrected chi connectivity index (χ0v) is 20.5. The van der Waals surface area contributed by atoms with E-state index < -0.39 is 44.9 Å². The van der Waals surface area contributed by atoms with E-state index >= 15 is 0 Å². The second-order valence-electron chi connectivity index (χ2n) is 8.96. The molecule has 12 heteroatoms. The predicted molar refractivity (Wildman–Crippen MR) is 127 cm³/mol. The lowest BCUT2D eigenvalue weighted by molar-refractivity contribution is -0.275. The first-order valence-corrected chi connectivity index (χ1v) is 13.1. The molecule has 0 bridgehead atoms. The Balaban J connectivity index is 1.89. The van der Waals surface area contributed by atoms with Crippen LogP contribution in [0, 0.1) is 0 Å². The van der Waals surface area contributed by atoms with E-state index in [-0.39, 0.29) is 24.1 Å². The number of nitrogens with one attached hydrogen (secondary N) is 1. The number of sulfonamides is 1. The molecule has 0 aromatic heterocycles. The van der Waals surface area contributed by atoms with Crippen LogP contribution < -0.4 is 14.2 Å². The molecule has 0 aliphatic heterocycles. The SMILES string of the molecule is O=S(=O)(NCC(Cc1ccccc1)(c1cccc(OC(F)(F)F)c1)c1cccc(OC(F)(F)F)c1)C1CC1. The molecule has 0 spiro atoms. The highest BCUT2D eigenvalue weighted by molar-refractivity contribution is 7.90. The van der Waals surface area contributed by atoms with Gasteiger partial charge in [0.2, 0.25) is 10.0 Å². The zero-order chi connectivity index (χ0) is 27.6. The maximum Gasteiger partial charge on any atom is 0.573 e. The molecule has 5 nitrogen and oxygen atoms in total. The van der Waals surface area contributed by atoms with Crippen LogP contribution in [-0.4, -0.2) is 32.9 Å². The van der Waals surface area contributed by atoms with Crippen molar-refractivity contribution in [3.63, 3.8) is 0 Å². The molecule has 0 saturated heterocycles. The average Bonchev–Trinajstić information content (AvgIpc) is 3.67. The molecule has 1 aliphatic rings. The number of benzene rings is 3. The van der Waals surface area contributed by atoms with Crippen molar-refractivity contribution in [3.05, 3.63) is 95.6 Å². The molecule has 0 atom stereocenters. The predicted octanol–water partition coefficient (Wildman–Crippen LogP) is 6.09. The Morgan fingerprint density at radius 2 is 1.24 bits per heavy atom. The van der Waals surface area contributed by atoms with Crippen LogP contribution in [0.25, 0.3) is 0 Å². The van der Waals surface area contributed by atoms with Gasteiger partial charge in [0.05, 0.1) is 5.25 Å². The third kappa shape index (κ3) is 7.19. The van der Waals surface area contributed by atoms with Crippen molar-refractivity contribution in [3.8, 4) is 11.5 Å². The van der Waals surface area contributed by atoms with Crippen molar-refractivity contribution in [2.75, 3.05) is 6.54 Å². The molecule has 204 valence electrons. The molecular weight excluding hydrogens is 536 g/mol. The Bertz CT molecular complexity index is 1300. The van der Waals surface area contributed by atoms with E-state index in [1.54, 1.807) is 30.3 Å². The van der Waals surface area contributed by atoms with Crippen molar-refractivity contribution in [1.82, 2.24) is 4.72 Å². The quantitative estimate of drug-likeness (QED) is 0.305. The fourth-order valence-corrected chi connectivity index (χ4v) is 5.72. The Hall–Kier alpha value is -3.25. The van der Waals surface area contributed by atoms with Crippen molar-refractivity contribution in [2.24, 2.45) is 0 Å². The van der Waals surface area contributed by atoms with Crippen LogP contribution in [0.3, 0.4) is 0 Å². The Morgan fingerprint density at radius 1 is 0.737 bits per heavy atom. The minimum atomic E-state index is -4.99. The summed E-state index contributed by atoms with van der Waals surface area (Å²) in [6.45, 7) is -0.342. The number of ether oxygens (including phenoxy) is 2. The molecule has 0 unspecified atom stereocenters. The molecule has 0 amide bonds. The molecule has 38 heavy (non-hydrogen) atoms. The summed E-state index contributed by atoms with van der Waals surface area (Å²) in [5.74, 6) is -1.11. The van der Waals surface area contributed by atoms with E-state index in [9.17, 15) is 34.8 Å². The van der Waals surface area contributed by atoms with Gasteiger partial charge in [0.15, 0.2) is 0 Å². The summed E-state index contributed by atoms with van der Waals surface area (Å²) >= 11 is 0. The van der Waals surface area contributed by atoms with Gasteiger partial charge in [0.25, 0.3) is 0 Å².